The summed E-state index contributed by atoms with van der Waals surface area (Å²) < 4.78 is 13.0. The molecule has 5 heteroatoms. The zero-order valence-electron chi connectivity index (χ0n) is 14.7. The maximum atomic E-state index is 5.43. The highest BCUT2D eigenvalue weighted by atomic mass is 16.5. The summed E-state index contributed by atoms with van der Waals surface area (Å²) in [5.41, 5.74) is 3.15. The van der Waals surface area contributed by atoms with Gasteiger partial charge in [-0.25, -0.2) is 4.98 Å². The van der Waals surface area contributed by atoms with E-state index in [1.165, 1.54) is 6.42 Å². The highest BCUT2D eigenvalue weighted by Gasteiger charge is 2.23. The number of methoxy groups -OCH3 is 2. The van der Waals surface area contributed by atoms with E-state index in [1.807, 2.05) is 30.5 Å². The number of pyridine rings is 1. The van der Waals surface area contributed by atoms with Crippen LogP contribution in [0.2, 0.25) is 0 Å². The number of nitrogens with zero attached hydrogens (tertiary/aromatic N) is 2. The Morgan fingerprint density at radius 1 is 1.12 bits per heavy atom. The lowest BCUT2D eigenvalue weighted by Gasteiger charge is -2.21. The third-order valence-corrected chi connectivity index (χ3v) is 4.88. The van der Waals surface area contributed by atoms with Gasteiger partial charge in [0.15, 0.2) is 0 Å². The molecule has 0 radical (unpaired) electrons. The number of nitrogens with one attached hydrogen (secondary N) is 1. The van der Waals surface area contributed by atoms with Crippen LogP contribution in [0.3, 0.4) is 0 Å². The highest BCUT2D eigenvalue weighted by Crippen LogP contribution is 2.33. The Morgan fingerprint density at radius 2 is 2.00 bits per heavy atom. The van der Waals surface area contributed by atoms with E-state index >= 15 is 0 Å². The molecular formula is C20H23N3O2. The number of fused-ring (bicyclic) bond motifs is 1. The third kappa shape index (κ3) is 2.96. The minimum Gasteiger partial charge on any atom is -0.497 e. The van der Waals surface area contributed by atoms with Crippen molar-refractivity contribution in [3.8, 4) is 22.8 Å². The monoisotopic (exact) mass is 337 g/mol. The molecule has 0 aliphatic carbocycles. The largest absolute Gasteiger partial charge is 0.497 e. The first-order chi connectivity index (χ1) is 12.3. The van der Waals surface area contributed by atoms with E-state index in [0.29, 0.717) is 5.92 Å². The number of rotatable bonds is 4. The zero-order valence-corrected chi connectivity index (χ0v) is 14.7. The highest BCUT2D eigenvalue weighted by molar-refractivity contribution is 5.79. The fourth-order valence-electron chi connectivity index (χ4n) is 3.55. The Bertz CT molecular complexity index is 882. The molecule has 3 aromatic rings. The molecule has 1 unspecified atom stereocenters. The predicted molar refractivity (Wildman–Crippen MR) is 98.6 cm³/mol. The summed E-state index contributed by atoms with van der Waals surface area (Å²) >= 11 is 0. The summed E-state index contributed by atoms with van der Waals surface area (Å²) in [6.07, 6.45) is 4.37. The standard InChI is InChI=1S/C20H23N3O2/c1-24-16-7-3-5-14(11-16)19-18-9-8-17(25-2)13-23(18)20(22-19)15-6-4-10-21-12-15/h3,5,7-9,11,13,15,21H,4,6,10,12H2,1-2H3. The first-order valence-electron chi connectivity index (χ1n) is 8.71. The second kappa shape index (κ2) is 6.76. The lowest BCUT2D eigenvalue weighted by molar-refractivity contribution is 0.410. The number of ether oxygens (including phenoxy) is 2. The fourth-order valence-corrected chi connectivity index (χ4v) is 3.55. The van der Waals surface area contributed by atoms with E-state index in [4.69, 9.17) is 14.5 Å². The van der Waals surface area contributed by atoms with Gasteiger partial charge in [-0.2, -0.15) is 0 Å². The van der Waals surface area contributed by atoms with Gasteiger partial charge in [-0.15, -0.1) is 0 Å². The van der Waals surface area contributed by atoms with Crippen molar-refractivity contribution in [3.63, 3.8) is 0 Å². The first-order valence-corrected chi connectivity index (χ1v) is 8.71. The zero-order chi connectivity index (χ0) is 17.2. The van der Waals surface area contributed by atoms with Crippen molar-refractivity contribution in [3.05, 3.63) is 48.4 Å². The fraction of sp³-hybridized carbons (Fsp3) is 0.350. The van der Waals surface area contributed by atoms with Crippen LogP contribution in [0.25, 0.3) is 16.8 Å². The van der Waals surface area contributed by atoms with Gasteiger partial charge in [0, 0.05) is 18.0 Å². The van der Waals surface area contributed by atoms with Crippen LogP contribution in [-0.4, -0.2) is 36.7 Å². The minimum absolute atomic E-state index is 0.410. The van der Waals surface area contributed by atoms with Crippen molar-refractivity contribution in [2.24, 2.45) is 0 Å². The van der Waals surface area contributed by atoms with E-state index in [1.54, 1.807) is 14.2 Å². The van der Waals surface area contributed by atoms with Gasteiger partial charge in [-0.05, 0) is 43.7 Å². The van der Waals surface area contributed by atoms with Gasteiger partial charge in [-0.1, -0.05) is 12.1 Å². The van der Waals surface area contributed by atoms with Crippen LogP contribution in [0.4, 0.5) is 0 Å². The lowest BCUT2D eigenvalue weighted by atomic mass is 9.99. The van der Waals surface area contributed by atoms with Crippen LogP contribution >= 0.6 is 0 Å². The second-order valence-electron chi connectivity index (χ2n) is 6.42. The van der Waals surface area contributed by atoms with Crippen LogP contribution < -0.4 is 14.8 Å². The minimum atomic E-state index is 0.410. The molecule has 1 N–H and O–H groups in total. The predicted octanol–water partition coefficient (Wildman–Crippen LogP) is 3.49. The number of imidazole rings is 1. The van der Waals surface area contributed by atoms with Crippen LogP contribution in [0, 0.1) is 0 Å². The number of hydrogen-bond acceptors (Lipinski definition) is 4. The Morgan fingerprint density at radius 3 is 2.76 bits per heavy atom. The lowest BCUT2D eigenvalue weighted by Crippen LogP contribution is -2.29. The molecule has 1 fully saturated rings. The average molecular weight is 337 g/mol. The van der Waals surface area contributed by atoms with Crippen molar-refractivity contribution in [2.75, 3.05) is 27.3 Å². The molecule has 25 heavy (non-hydrogen) atoms. The molecule has 1 aromatic carbocycles. The Balaban J connectivity index is 1.89. The van der Waals surface area contributed by atoms with Crippen LogP contribution in [0.5, 0.6) is 11.5 Å². The average Bonchev–Trinajstić information content (AvgIpc) is 3.07. The molecule has 0 bridgehead atoms. The van der Waals surface area contributed by atoms with Crippen molar-refractivity contribution >= 4 is 5.52 Å². The van der Waals surface area contributed by atoms with Crippen molar-refractivity contribution in [1.82, 2.24) is 14.7 Å². The smallest absolute Gasteiger partial charge is 0.135 e. The number of hydrogen-bond donors (Lipinski definition) is 1. The van der Waals surface area contributed by atoms with E-state index in [-0.39, 0.29) is 0 Å². The third-order valence-electron chi connectivity index (χ3n) is 4.88. The summed E-state index contributed by atoms with van der Waals surface area (Å²) in [6, 6.07) is 12.2. The quantitative estimate of drug-likeness (QED) is 0.792. The van der Waals surface area contributed by atoms with Crippen molar-refractivity contribution in [2.45, 2.75) is 18.8 Å². The van der Waals surface area contributed by atoms with Gasteiger partial charge in [0.2, 0.25) is 0 Å². The number of piperidine rings is 1. The van der Waals surface area contributed by atoms with Crippen LogP contribution in [0.15, 0.2) is 42.6 Å². The maximum absolute atomic E-state index is 5.43. The van der Waals surface area contributed by atoms with Crippen molar-refractivity contribution in [1.29, 1.82) is 0 Å². The van der Waals surface area contributed by atoms with Gasteiger partial charge in [-0.3, -0.25) is 4.40 Å². The van der Waals surface area contributed by atoms with Gasteiger partial charge in [0.05, 0.1) is 31.6 Å². The SMILES string of the molecule is COc1cccc(-c2nc(C3CCCNC3)n3cc(OC)ccc23)c1. The Hall–Kier alpha value is -2.53. The molecule has 1 saturated heterocycles. The first kappa shape index (κ1) is 16.0. The molecule has 2 aromatic heterocycles. The molecule has 130 valence electrons. The van der Waals surface area contributed by atoms with Crippen LogP contribution in [-0.2, 0) is 0 Å². The molecule has 1 atom stereocenters. The maximum Gasteiger partial charge on any atom is 0.135 e. The molecule has 4 rings (SSSR count). The Kier molecular flexibility index (Phi) is 4.32. The van der Waals surface area contributed by atoms with E-state index in [2.05, 4.69) is 21.9 Å². The topological polar surface area (TPSA) is 47.8 Å². The van der Waals surface area contributed by atoms with E-state index in [0.717, 1.165) is 53.6 Å². The van der Waals surface area contributed by atoms with E-state index < -0.39 is 0 Å². The molecule has 5 nitrogen and oxygen atoms in total. The summed E-state index contributed by atoms with van der Waals surface area (Å²) in [4.78, 5) is 5.05. The summed E-state index contributed by atoms with van der Waals surface area (Å²) in [7, 11) is 3.39. The molecule has 1 aliphatic heterocycles. The van der Waals surface area contributed by atoms with Gasteiger partial charge in [0.25, 0.3) is 0 Å². The molecule has 0 spiro atoms. The summed E-state index contributed by atoms with van der Waals surface area (Å²) in [5.74, 6) is 3.19. The summed E-state index contributed by atoms with van der Waals surface area (Å²) in [6.45, 7) is 2.06. The normalized spacial score (nSPS) is 17.6. The van der Waals surface area contributed by atoms with Gasteiger partial charge in [0.1, 0.15) is 17.3 Å². The second-order valence-corrected chi connectivity index (χ2v) is 6.42. The molecule has 0 amide bonds. The van der Waals surface area contributed by atoms with E-state index in [9.17, 15) is 0 Å². The van der Waals surface area contributed by atoms with Gasteiger partial charge < -0.3 is 14.8 Å². The Labute approximate surface area is 147 Å². The molecule has 3 heterocycles. The van der Waals surface area contributed by atoms with Gasteiger partial charge >= 0.3 is 0 Å². The molecule has 1 aliphatic rings. The number of benzene rings is 1. The molecular weight excluding hydrogens is 314 g/mol. The number of aromatic nitrogens is 2. The molecule has 0 saturated carbocycles. The van der Waals surface area contributed by atoms with Crippen LogP contribution in [0.1, 0.15) is 24.6 Å². The summed E-state index contributed by atoms with van der Waals surface area (Å²) in [5, 5.41) is 3.49. The van der Waals surface area contributed by atoms with Crippen molar-refractivity contribution < 1.29 is 9.47 Å².